The second-order valence-electron chi connectivity index (χ2n) is 6.95. The highest BCUT2D eigenvalue weighted by molar-refractivity contribution is 8.23. The molecule has 0 saturated carbocycles. The minimum atomic E-state index is -0.152. The smallest absolute Gasteiger partial charge is 0.167 e. The van der Waals surface area contributed by atoms with Crippen molar-refractivity contribution in [3.63, 3.8) is 0 Å². The third-order valence-corrected chi connectivity index (χ3v) is 6.49. The Labute approximate surface area is 154 Å². The number of rotatable bonds is 3. The summed E-state index contributed by atoms with van der Waals surface area (Å²) in [6, 6.07) is 8.36. The van der Waals surface area contributed by atoms with E-state index in [4.69, 9.17) is 12.2 Å². The SMILES string of the molecule is CN1/C(=C\C(=O)CSC(=S)N2CCCC2)C(C)(C)c2ccccc21. The van der Waals surface area contributed by atoms with Crippen molar-refractivity contribution >= 4 is 39.8 Å². The average molecular weight is 361 g/mol. The lowest BCUT2D eigenvalue weighted by Crippen LogP contribution is -2.25. The van der Waals surface area contributed by atoms with Gasteiger partial charge in [-0.2, -0.15) is 0 Å². The molecule has 0 amide bonds. The summed E-state index contributed by atoms with van der Waals surface area (Å²) >= 11 is 6.94. The van der Waals surface area contributed by atoms with Crippen molar-refractivity contribution in [2.45, 2.75) is 32.1 Å². The van der Waals surface area contributed by atoms with Crippen LogP contribution in [0.25, 0.3) is 0 Å². The number of benzene rings is 1. The monoisotopic (exact) mass is 360 g/mol. The molecular weight excluding hydrogens is 336 g/mol. The number of carbonyl (C=O) groups excluding carboxylic acids is 1. The van der Waals surface area contributed by atoms with Crippen LogP contribution in [0.4, 0.5) is 5.69 Å². The Balaban J connectivity index is 1.69. The summed E-state index contributed by atoms with van der Waals surface area (Å²) in [5.41, 5.74) is 3.36. The zero-order valence-corrected chi connectivity index (χ0v) is 16.2. The van der Waals surface area contributed by atoms with Crippen LogP contribution in [-0.2, 0) is 10.2 Å². The Morgan fingerprint density at radius 2 is 1.96 bits per heavy atom. The van der Waals surface area contributed by atoms with E-state index in [2.05, 4.69) is 41.8 Å². The largest absolute Gasteiger partial charge is 0.358 e. The molecule has 24 heavy (non-hydrogen) atoms. The molecule has 0 unspecified atom stereocenters. The molecule has 1 aromatic carbocycles. The number of allylic oxidation sites excluding steroid dienone is 2. The standard InChI is InChI=1S/C19H24N2OS2/c1-19(2)15-8-4-5-9-16(15)20(3)17(19)12-14(22)13-24-18(23)21-10-6-7-11-21/h4-5,8-9,12H,6-7,10-11,13H2,1-3H3/b17-12-. The summed E-state index contributed by atoms with van der Waals surface area (Å²) in [5.74, 6) is 0.545. The fourth-order valence-electron chi connectivity index (χ4n) is 3.58. The van der Waals surface area contributed by atoms with E-state index < -0.39 is 0 Å². The van der Waals surface area contributed by atoms with Gasteiger partial charge in [-0.15, -0.1) is 0 Å². The van der Waals surface area contributed by atoms with E-state index in [1.54, 1.807) is 6.08 Å². The van der Waals surface area contributed by atoms with E-state index in [0.717, 1.165) is 23.1 Å². The van der Waals surface area contributed by atoms with Crippen LogP contribution < -0.4 is 4.90 Å². The number of likely N-dealkylation sites (tertiary alicyclic amines) is 1. The number of thioether (sulfide) groups is 1. The minimum Gasteiger partial charge on any atom is -0.358 e. The molecular formula is C19H24N2OS2. The predicted octanol–water partition coefficient (Wildman–Crippen LogP) is 3.98. The molecule has 0 spiro atoms. The van der Waals surface area contributed by atoms with Gasteiger partial charge in [0, 0.05) is 43.0 Å². The van der Waals surface area contributed by atoms with Crippen LogP contribution in [0.15, 0.2) is 36.0 Å². The number of likely N-dealkylation sites (N-methyl/N-ethyl adjacent to an activating group) is 1. The number of ketones is 1. The second-order valence-corrected chi connectivity index (χ2v) is 8.55. The van der Waals surface area contributed by atoms with Crippen molar-refractivity contribution < 1.29 is 4.79 Å². The molecule has 2 aliphatic rings. The van der Waals surface area contributed by atoms with Crippen molar-refractivity contribution in [1.82, 2.24) is 4.90 Å². The Kier molecular flexibility index (Phi) is 5.02. The molecule has 1 saturated heterocycles. The van der Waals surface area contributed by atoms with E-state index in [1.165, 1.54) is 35.9 Å². The summed E-state index contributed by atoms with van der Waals surface area (Å²) in [7, 11) is 2.04. The highest BCUT2D eigenvalue weighted by Crippen LogP contribution is 2.46. The van der Waals surface area contributed by atoms with Crippen molar-refractivity contribution in [3.05, 3.63) is 41.6 Å². The molecule has 0 aliphatic carbocycles. The van der Waals surface area contributed by atoms with Crippen molar-refractivity contribution in [2.75, 3.05) is 30.8 Å². The fraction of sp³-hybridized carbons (Fsp3) is 0.474. The maximum Gasteiger partial charge on any atom is 0.167 e. The molecule has 0 radical (unpaired) electrons. The first-order valence-electron chi connectivity index (χ1n) is 8.41. The minimum absolute atomic E-state index is 0.129. The molecule has 3 nitrogen and oxygen atoms in total. The molecule has 1 aromatic rings. The lowest BCUT2D eigenvalue weighted by molar-refractivity contribution is -0.112. The van der Waals surface area contributed by atoms with Gasteiger partial charge in [0.25, 0.3) is 0 Å². The van der Waals surface area contributed by atoms with Crippen LogP contribution in [0.1, 0.15) is 32.3 Å². The lowest BCUT2D eigenvalue weighted by atomic mass is 9.83. The van der Waals surface area contributed by atoms with E-state index >= 15 is 0 Å². The molecule has 1 fully saturated rings. The number of hydrogen-bond donors (Lipinski definition) is 0. The van der Waals surface area contributed by atoms with E-state index in [9.17, 15) is 4.79 Å². The van der Waals surface area contributed by atoms with Crippen molar-refractivity contribution in [3.8, 4) is 0 Å². The maximum atomic E-state index is 12.5. The van der Waals surface area contributed by atoms with Gasteiger partial charge < -0.3 is 9.80 Å². The van der Waals surface area contributed by atoms with Crippen molar-refractivity contribution in [2.24, 2.45) is 0 Å². The van der Waals surface area contributed by atoms with Gasteiger partial charge in [-0.25, -0.2) is 0 Å². The van der Waals surface area contributed by atoms with Gasteiger partial charge in [-0.1, -0.05) is 56.0 Å². The number of carbonyl (C=O) groups is 1. The number of fused-ring (bicyclic) bond motifs is 1. The van der Waals surface area contributed by atoms with Crippen LogP contribution in [0.5, 0.6) is 0 Å². The first-order chi connectivity index (χ1) is 11.4. The first-order valence-corrected chi connectivity index (χ1v) is 9.80. The lowest BCUT2D eigenvalue weighted by Gasteiger charge is -2.24. The molecule has 0 aromatic heterocycles. The van der Waals surface area contributed by atoms with Gasteiger partial charge in [0.15, 0.2) is 5.78 Å². The van der Waals surface area contributed by atoms with Gasteiger partial charge in [0.2, 0.25) is 0 Å². The predicted molar refractivity (Wildman–Crippen MR) is 107 cm³/mol. The molecule has 2 heterocycles. The van der Waals surface area contributed by atoms with Gasteiger partial charge in [0.1, 0.15) is 4.32 Å². The molecule has 0 atom stereocenters. The molecule has 3 rings (SSSR count). The van der Waals surface area contributed by atoms with E-state index in [1.807, 2.05) is 13.1 Å². The zero-order valence-electron chi connectivity index (χ0n) is 14.5. The highest BCUT2D eigenvalue weighted by atomic mass is 32.2. The van der Waals surface area contributed by atoms with Gasteiger partial charge in [-0.05, 0) is 24.5 Å². The van der Waals surface area contributed by atoms with Gasteiger partial charge in [-0.3, -0.25) is 4.79 Å². The third-order valence-electron chi connectivity index (χ3n) is 4.94. The van der Waals surface area contributed by atoms with E-state index in [0.29, 0.717) is 5.75 Å². The average Bonchev–Trinajstić information content (AvgIpc) is 3.16. The van der Waals surface area contributed by atoms with E-state index in [-0.39, 0.29) is 11.2 Å². The fourth-order valence-corrected chi connectivity index (χ4v) is 4.65. The second kappa shape index (κ2) is 6.89. The summed E-state index contributed by atoms with van der Waals surface area (Å²) < 4.78 is 0.863. The van der Waals surface area contributed by atoms with Crippen LogP contribution in [0.3, 0.4) is 0 Å². The maximum absolute atomic E-state index is 12.5. The molecule has 128 valence electrons. The third kappa shape index (κ3) is 3.24. The quantitative estimate of drug-likeness (QED) is 0.599. The normalized spacial score (nSPS) is 20.5. The summed E-state index contributed by atoms with van der Waals surface area (Å²) in [4.78, 5) is 16.8. The van der Waals surface area contributed by atoms with Crippen LogP contribution in [0, 0.1) is 0 Å². The Morgan fingerprint density at radius 3 is 2.62 bits per heavy atom. The van der Waals surface area contributed by atoms with Crippen LogP contribution in [0.2, 0.25) is 0 Å². The summed E-state index contributed by atoms with van der Waals surface area (Å²) in [6.07, 6.45) is 4.21. The number of para-hydroxylation sites is 1. The Hall–Kier alpha value is -1.33. The molecule has 0 N–H and O–H groups in total. The van der Waals surface area contributed by atoms with Gasteiger partial charge >= 0.3 is 0 Å². The Morgan fingerprint density at radius 1 is 1.29 bits per heavy atom. The molecule has 5 heteroatoms. The molecule has 0 bridgehead atoms. The summed E-state index contributed by atoms with van der Waals surface area (Å²) in [5, 5.41) is 0. The van der Waals surface area contributed by atoms with Crippen LogP contribution in [-0.4, -0.2) is 40.9 Å². The number of thiocarbonyl (C=S) groups is 1. The number of anilines is 1. The summed E-state index contributed by atoms with van der Waals surface area (Å²) in [6.45, 7) is 6.42. The Bertz CT molecular complexity index is 690. The first kappa shape index (κ1) is 17.5. The zero-order chi connectivity index (χ0) is 17.3. The van der Waals surface area contributed by atoms with Crippen LogP contribution >= 0.6 is 24.0 Å². The highest BCUT2D eigenvalue weighted by Gasteiger charge is 2.38. The topological polar surface area (TPSA) is 23.6 Å². The van der Waals surface area contributed by atoms with Crippen molar-refractivity contribution in [1.29, 1.82) is 0 Å². The number of nitrogens with zero attached hydrogens (tertiary/aromatic N) is 2. The number of hydrogen-bond acceptors (Lipinski definition) is 4. The molecule has 2 aliphatic heterocycles. The van der Waals surface area contributed by atoms with Gasteiger partial charge in [0.05, 0.1) is 5.75 Å².